The molecule has 0 radical (unpaired) electrons. The minimum Gasteiger partial charge on any atom is -0.410 e. The maximum absolute atomic E-state index is 14.2. The standard InChI is InChI=1S/C43H53F6N5O4/c1-27-28(2)41(57)52(3)26-35(27)32-10-9-31(22-34(23-32)58-43(47,48)49)25-53-18-5-8-29(15-19-53)6-4-7-30-16-20-54(21-17-30)38-13-11-33(24-36(38)42(44,45)46)50-37-12-14-39(55)51-40(37)56/h9-11,13,23-24,26,29-30,37,50H,4-8,12,14-22,25H2,1-3H3,(H,51,55,56). The number of aryl methyl sites for hydroxylation is 1. The molecule has 0 saturated carbocycles. The first-order valence-corrected chi connectivity index (χ1v) is 20.3. The molecule has 1 aliphatic carbocycles. The molecule has 3 fully saturated rings. The van der Waals surface area contributed by atoms with Crippen molar-refractivity contribution in [3.05, 3.63) is 86.6 Å². The molecule has 0 spiro atoms. The van der Waals surface area contributed by atoms with Crippen molar-refractivity contribution in [2.24, 2.45) is 18.9 Å². The third-order valence-electron chi connectivity index (χ3n) is 12.1. The molecule has 15 heteroatoms. The average Bonchev–Trinajstić information content (AvgIpc) is 3.50. The fourth-order valence-corrected chi connectivity index (χ4v) is 8.80. The number of pyridine rings is 1. The third-order valence-corrected chi connectivity index (χ3v) is 12.1. The lowest BCUT2D eigenvalue weighted by Gasteiger charge is -2.35. The van der Waals surface area contributed by atoms with E-state index < -0.39 is 36.0 Å². The molecule has 2 N–H and O–H groups in total. The fourth-order valence-electron chi connectivity index (χ4n) is 8.80. The summed E-state index contributed by atoms with van der Waals surface area (Å²) in [4.78, 5) is 40.2. The van der Waals surface area contributed by atoms with Gasteiger partial charge in [0.25, 0.3) is 5.56 Å². The lowest BCUT2D eigenvalue weighted by atomic mass is 9.87. The van der Waals surface area contributed by atoms with E-state index in [1.54, 1.807) is 38.1 Å². The number of halogens is 6. The number of imide groups is 1. The maximum Gasteiger partial charge on any atom is 0.572 e. The molecule has 3 aliphatic heterocycles. The fraction of sp³-hybridized carbons (Fsp3) is 0.558. The van der Waals surface area contributed by atoms with E-state index in [0.717, 1.165) is 76.1 Å². The van der Waals surface area contributed by atoms with Crippen LogP contribution in [0.1, 0.15) is 92.9 Å². The van der Waals surface area contributed by atoms with Gasteiger partial charge in [-0.1, -0.05) is 31.4 Å². The van der Waals surface area contributed by atoms with Gasteiger partial charge in [-0.2, -0.15) is 13.2 Å². The Morgan fingerprint density at radius 2 is 1.59 bits per heavy atom. The number of benzene rings is 1. The summed E-state index contributed by atoms with van der Waals surface area (Å²) in [5.74, 6) is -0.172. The zero-order valence-electron chi connectivity index (χ0n) is 33.3. The first kappa shape index (κ1) is 43.1. The molecule has 1 aromatic heterocycles. The van der Waals surface area contributed by atoms with E-state index in [1.165, 1.54) is 16.7 Å². The summed E-state index contributed by atoms with van der Waals surface area (Å²) >= 11 is 0. The molecule has 316 valence electrons. The number of nitrogens with zero attached hydrogens (tertiary/aromatic N) is 3. The van der Waals surface area contributed by atoms with Crippen molar-refractivity contribution < 1.29 is 40.7 Å². The summed E-state index contributed by atoms with van der Waals surface area (Å²) in [6.07, 6.45) is 5.46. The normalized spacial score (nSPS) is 21.7. The van der Waals surface area contributed by atoms with Gasteiger partial charge in [0, 0.05) is 68.2 Å². The second-order valence-corrected chi connectivity index (χ2v) is 16.3. The summed E-state index contributed by atoms with van der Waals surface area (Å²) in [7, 11) is 1.62. The number of alkyl halides is 6. The quantitative estimate of drug-likeness (QED) is 0.173. The number of allylic oxidation sites excluding steroid dienone is 5. The minimum atomic E-state index is -4.84. The smallest absolute Gasteiger partial charge is 0.410 e. The van der Waals surface area contributed by atoms with Gasteiger partial charge in [0.2, 0.25) is 11.8 Å². The monoisotopic (exact) mass is 817 g/mol. The Labute approximate surface area is 335 Å². The summed E-state index contributed by atoms with van der Waals surface area (Å²) in [5.41, 5.74) is 2.70. The van der Waals surface area contributed by atoms with Crippen LogP contribution in [0.3, 0.4) is 0 Å². The first-order valence-electron chi connectivity index (χ1n) is 20.3. The van der Waals surface area contributed by atoms with Crippen molar-refractivity contribution in [1.29, 1.82) is 0 Å². The third kappa shape index (κ3) is 11.1. The second-order valence-electron chi connectivity index (χ2n) is 16.3. The Balaban J connectivity index is 0.989. The Morgan fingerprint density at radius 1 is 0.879 bits per heavy atom. The van der Waals surface area contributed by atoms with E-state index in [-0.39, 0.29) is 42.0 Å². The van der Waals surface area contributed by atoms with Crippen LogP contribution in [0, 0.1) is 25.7 Å². The van der Waals surface area contributed by atoms with Gasteiger partial charge in [0.15, 0.2) is 0 Å². The average molecular weight is 818 g/mol. The van der Waals surface area contributed by atoms with Gasteiger partial charge in [-0.3, -0.25) is 24.6 Å². The number of hydrogen-bond acceptors (Lipinski definition) is 7. The molecule has 9 nitrogen and oxygen atoms in total. The van der Waals surface area contributed by atoms with Crippen molar-refractivity contribution >= 4 is 28.8 Å². The van der Waals surface area contributed by atoms with E-state index >= 15 is 0 Å². The number of piperidine rings is 2. The van der Waals surface area contributed by atoms with Crippen LogP contribution >= 0.6 is 0 Å². The van der Waals surface area contributed by atoms with Gasteiger partial charge >= 0.3 is 12.5 Å². The zero-order valence-corrected chi connectivity index (χ0v) is 33.3. The summed E-state index contributed by atoms with van der Waals surface area (Å²) in [6.45, 7) is 6.74. The van der Waals surface area contributed by atoms with Crippen molar-refractivity contribution in [3.8, 4) is 0 Å². The van der Waals surface area contributed by atoms with Crippen LogP contribution in [-0.4, -0.2) is 66.4 Å². The number of rotatable bonds is 11. The number of ether oxygens (including phenoxy) is 1. The van der Waals surface area contributed by atoms with Crippen LogP contribution < -0.4 is 21.1 Å². The van der Waals surface area contributed by atoms with Gasteiger partial charge in [0.05, 0.1) is 5.56 Å². The number of anilines is 2. The van der Waals surface area contributed by atoms with Gasteiger partial charge in [0.1, 0.15) is 11.8 Å². The predicted molar refractivity (Wildman–Crippen MR) is 211 cm³/mol. The van der Waals surface area contributed by atoms with Crippen LogP contribution in [0.25, 0.3) is 5.57 Å². The Morgan fingerprint density at radius 3 is 2.28 bits per heavy atom. The zero-order chi connectivity index (χ0) is 41.8. The van der Waals surface area contributed by atoms with Crippen LogP contribution in [0.2, 0.25) is 0 Å². The molecule has 4 aliphatic rings. The Bertz CT molecular complexity index is 1990. The van der Waals surface area contributed by atoms with Gasteiger partial charge in [-0.15, -0.1) is 13.2 Å². The van der Waals surface area contributed by atoms with Crippen molar-refractivity contribution in [1.82, 2.24) is 14.8 Å². The Kier molecular flexibility index (Phi) is 13.5. The van der Waals surface area contributed by atoms with Crippen LogP contribution in [0.15, 0.2) is 58.8 Å². The molecule has 58 heavy (non-hydrogen) atoms. The van der Waals surface area contributed by atoms with E-state index in [0.29, 0.717) is 53.7 Å². The van der Waals surface area contributed by atoms with Crippen molar-refractivity contribution in [2.45, 2.75) is 103 Å². The number of carbonyl (C=O) groups excluding carboxylic acids is 2. The highest BCUT2D eigenvalue weighted by Crippen LogP contribution is 2.40. The molecule has 2 aromatic rings. The minimum absolute atomic E-state index is 0.0205. The largest absolute Gasteiger partial charge is 0.572 e. The molecule has 2 atom stereocenters. The van der Waals surface area contributed by atoms with Gasteiger partial charge < -0.3 is 19.5 Å². The number of amides is 2. The van der Waals surface area contributed by atoms with E-state index in [4.69, 9.17) is 0 Å². The SMILES string of the molecule is Cc1c(C2=CC=C(CN3CCCC(CCCC4CCN(c5ccc(NC6CCC(=O)NC6=O)cc5C(F)(F)F)CC4)CC3)CC(OC(F)(F)F)=C2)cn(C)c(=O)c1C. The highest BCUT2D eigenvalue weighted by molar-refractivity contribution is 6.01. The maximum atomic E-state index is 14.2. The molecule has 6 rings (SSSR count). The number of aromatic nitrogens is 1. The molecule has 0 bridgehead atoms. The number of likely N-dealkylation sites (tertiary alicyclic amines) is 1. The number of hydrogen-bond donors (Lipinski definition) is 2. The first-order chi connectivity index (χ1) is 27.4. The summed E-state index contributed by atoms with van der Waals surface area (Å²) in [6, 6.07) is 3.30. The molecule has 2 unspecified atom stereocenters. The molecule has 3 saturated heterocycles. The molecule has 1 aromatic carbocycles. The van der Waals surface area contributed by atoms with Gasteiger partial charge in [-0.05, 0) is 118 Å². The van der Waals surface area contributed by atoms with Crippen LogP contribution in [0.4, 0.5) is 37.7 Å². The molecule has 4 heterocycles. The van der Waals surface area contributed by atoms with Crippen LogP contribution in [0.5, 0.6) is 0 Å². The van der Waals surface area contributed by atoms with Crippen molar-refractivity contribution in [2.75, 3.05) is 42.9 Å². The Hall–Kier alpha value is -4.53. The topological polar surface area (TPSA) is 95.9 Å². The van der Waals surface area contributed by atoms with Gasteiger partial charge in [-0.25, -0.2) is 0 Å². The lowest BCUT2D eigenvalue weighted by molar-refractivity contribution is -0.306. The summed E-state index contributed by atoms with van der Waals surface area (Å²) in [5, 5.41) is 5.08. The van der Waals surface area contributed by atoms with E-state index in [1.807, 2.05) is 12.2 Å². The lowest BCUT2D eigenvalue weighted by Crippen LogP contribution is -2.47. The highest BCUT2D eigenvalue weighted by Gasteiger charge is 2.37. The van der Waals surface area contributed by atoms with Crippen LogP contribution in [-0.2, 0) is 27.5 Å². The van der Waals surface area contributed by atoms with E-state index in [2.05, 4.69) is 20.3 Å². The van der Waals surface area contributed by atoms with Crippen molar-refractivity contribution in [3.63, 3.8) is 0 Å². The number of carbonyl (C=O) groups is 2. The second kappa shape index (κ2) is 18.2. The van der Waals surface area contributed by atoms with E-state index in [9.17, 15) is 40.7 Å². The predicted octanol–water partition coefficient (Wildman–Crippen LogP) is 8.56. The summed E-state index contributed by atoms with van der Waals surface area (Å²) < 4.78 is 89.1. The molecular weight excluding hydrogens is 764 g/mol. The number of nitrogens with one attached hydrogen (secondary N) is 2. The highest BCUT2D eigenvalue weighted by atomic mass is 19.4. The molecule has 2 amide bonds. The molecular formula is C43H53F6N5O4.